The zero-order valence-corrected chi connectivity index (χ0v) is 7.08. The minimum absolute atomic E-state index is 0.246. The number of ether oxygens (including phenoxy) is 1. The Kier molecular flexibility index (Phi) is 4.49. The molecule has 0 fully saturated rings. The number of carbonyl (C=O) groups is 1. The quantitative estimate of drug-likeness (QED) is 0.379. The summed E-state index contributed by atoms with van der Waals surface area (Å²) in [7, 11) is 1.28. The van der Waals surface area contributed by atoms with Gasteiger partial charge in [-0.2, -0.15) is 0 Å². The molecule has 0 heterocycles. The second-order valence-electron chi connectivity index (χ2n) is 1.69. The number of carbonyl (C=O) groups excluding carboxylic acids is 1. The number of rotatable bonds is 3. The third-order valence-electron chi connectivity index (χ3n) is 0.875. The van der Waals surface area contributed by atoms with Crippen LogP contribution in [0, 0.1) is 0 Å². The Morgan fingerprint density at radius 2 is 2.20 bits per heavy atom. The monoisotopic (exact) mass is 182 g/mol. The van der Waals surface area contributed by atoms with Gasteiger partial charge in [0, 0.05) is 12.0 Å². The Labute approximate surface area is 69.8 Å². The maximum Gasteiger partial charge on any atom is 0.333 e. The number of halogens is 2. The zero-order valence-electron chi connectivity index (χ0n) is 5.56. The minimum Gasteiger partial charge on any atom is -0.466 e. The Morgan fingerprint density at radius 1 is 1.70 bits per heavy atom. The lowest BCUT2D eigenvalue weighted by molar-refractivity contribution is -0.136. The summed E-state index contributed by atoms with van der Waals surface area (Å²) in [5, 5.41) is 0. The summed E-state index contributed by atoms with van der Waals surface area (Å²) in [4.78, 5) is 10.0. The van der Waals surface area contributed by atoms with E-state index in [0.717, 1.165) is 0 Å². The predicted molar refractivity (Wildman–Crippen MR) is 41.3 cm³/mol. The first-order chi connectivity index (χ1) is 4.57. The van der Waals surface area contributed by atoms with Crippen molar-refractivity contribution in [2.75, 3.05) is 7.11 Å². The molecule has 0 aliphatic rings. The van der Waals surface area contributed by atoms with E-state index in [1.54, 1.807) is 0 Å². The van der Waals surface area contributed by atoms with E-state index >= 15 is 0 Å². The highest BCUT2D eigenvalue weighted by atomic mass is 35.5. The van der Waals surface area contributed by atoms with Crippen molar-refractivity contribution in [1.29, 1.82) is 0 Å². The molecule has 4 heteroatoms. The first-order valence-corrected chi connectivity index (χ1v) is 3.49. The molecule has 2 nitrogen and oxygen atoms in total. The molecule has 0 aliphatic heterocycles. The summed E-state index contributed by atoms with van der Waals surface area (Å²) in [5.41, 5.74) is 0.289. The number of hydrogen-bond donors (Lipinski definition) is 0. The summed E-state index contributed by atoms with van der Waals surface area (Å²) in [6, 6.07) is 0. The van der Waals surface area contributed by atoms with Crippen LogP contribution in [0.4, 0.5) is 0 Å². The van der Waals surface area contributed by atoms with Crippen LogP contribution in [0.2, 0.25) is 0 Å². The van der Waals surface area contributed by atoms with Gasteiger partial charge in [-0.05, 0) is 0 Å². The first-order valence-electron chi connectivity index (χ1n) is 2.62. The van der Waals surface area contributed by atoms with Gasteiger partial charge in [0.15, 0.2) is 0 Å². The zero-order chi connectivity index (χ0) is 8.15. The Morgan fingerprint density at radius 3 is 2.50 bits per heavy atom. The average Bonchev–Trinajstić information content (AvgIpc) is 1.85. The van der Waals surface area contributed by atoms with Crippen LogP contribution >= 0.6 is 23.2 Å². The van der Waals surface area contributed by atoms with E-state index in [4.69, 9.17) is 23.2 Å². The standard InChI is InChI=1S/C6H8Cl2O2/c1-4(3-5(7)8)6(9)10-2/h5H,1,3H2,2H3. The highest BCUT2D eigenvalue weighted by Crippen LogP contribution is 2.13. The summed E-state index contributed by atoms with van der Waals surface area (Å²) < 4.78 is 4.36. The fourth-order valence-corrected chi connectivity index (χ4v) is 0.786. The van der Waals surface area contributed by atoms with Crippen molar-refractivity contribution in [1.82, 2.24) is 0 Å². The van der Waals surface area contributed by atoms with Crippen molar-refractivity contribution < 1.29 is 9.53 Å². The smallest absolute Gasteiger partial charge is 0.333 e. The maximum atomic E-state index is 10.6. The molecular weight excluding hydrogens is 175 g/mol. The van der Waals surface area contributed by atoms with Gasteiger partial charge in [-0.3, -0.25) is 0 Å². The molecule has 0 unspecified atom stereocenters. The highest BCUT2D eigenvalue weighted by molar-refractivity contribution is 6.44. The van der Waals surface area contributed by atoms with Gasteiger partial charge in [0.05, 0.1) is 7.11 Å². The van der Waals surface area contributed by atoms with Gasteiger partial charge in [0.1, 0.15) is 4.84 Å². The van der Waals surface area contributed by atoms with Crippen molar-refractivity contribution in [3.63, 3.8) is 0 Å². The van der Waals surface area contributed by atoms with Crippen LogP contribution in [0.25, 0.3) is 0 Å². The molecule has 0 saturated heterocycles. The summed E-state index contributed by atoms with van der Waals surface area (Å²) in [6.07, 6.45) is 0.246. The van der Waals surface area contributed by atoms with E-state index in [9.17, 15) is 4.79 Å². The number of esters is 1. The van der Waals surface area contributed by atoms with Gasteiger partial charge < -0.3 is 4.74 Å². The Balaban J connectivity index is 3.74. The van der Waals surface area contributed by atoms with Crippen molar-refractivity contribution in [2.45, 2.75) is 11.3 Å². The molecule has 0 amide bonds. The summed E-state index contributed by atoms with van der Waals surface area (Å²) in [5.74, 6) is -0.466. The largest absolute Gasteiger partial charge is 0.466 e. The lowest BCUT2D eigenvalue weighted by atomic mass is 10.2. The topological polar surface area (TPSA) is 26.3 Å². The normalized spacial score (nSPS) is 9.60. The molecule has 0 bridgehead atoms. The van der Waals surface area contributed by atoms with Crippen LogP contribution in [0.15, 0.2) is 12.2 Å². The third kappa shape index (κ3) is 3.75. The second-order valence-corrected chi connectivity index (χ2v) is 2.97. The SMILES string of the molecule is C=C(CC(Cl)Cl)C(=O)OC. The van der Waals surface area contributed by atoms with Crippen molar-refractivity contribution >= 4 is 29.2 Å². The molecular formula is C6H8Cl2O2. The van der Waals surface area contributed by atoms with Crippen molar-refractivity contribution in [3.8, 4) is 0 Å². The van der Waals surface area contributed by atoms with Crippen LogP contribution in [-0.4, -0.2) is 17.9 Å². The summed E-state index contributed by atoms with van der Waals surface area (Å²) in [6.45, 7) is 3.42. The van der Waals surface area contributed by atoms with E-state index in [2.05, 4.69) is 11.3 Å². The molecule has 0 spiro atoms. The molecule has 0 radical (unpaired) electrons. The van der Waals surface area contributed by atoms with E-state index < -0.39 is 10.8 Å². The molecule has 0 aromatic carbocycles. The van der Waals surface area contributed by atoms with E-state index in [0.29, 0.717) is 0 Å². The fraction of sp³-hybridized carbons (Fsp3) is 0.500. The Bertz CT molecular complexity index is 143. The Hall–Kier alpha value is -0.210. The lowest BCUT2D eigenvalue weighted by Crippen LogP contribution is -2.05. The molecule has 0 saturated carbocycles. The van der Waals surface area contributed by atoms with E-state index in [1.165, 1.54) is 7.11 Å². The van der Waals surface area contributed by atoms with Gasteiger partial charge >= 0.3 is 5.97 Å². The first kappa shape index (κ1) is 9.79. The highest BCUT2D eigenvalue weighted by Gasteiger charge is 2.09. The maximum absolute atomic E-state index is 10.6. The lowest BCUT2D eigenvalue weighted by Gasteiger charge is -2.02. The van der Waals surface area contributed by atoms with Crippen LogP contribution in [0.3, 0.4) is 0 Å². The van der Waals surface area contributed by atoms with Crippen molar-refractivity contribution in [2.24, 2.45) is 0 Å². The van der Waals surface area contributed by atoms with Crippen LogP contribution in [0.5, 0.6) is 0 Å². The fourth-order valence-electron chi connectivity index (χ4n) is 0.414. The van der Waals surface area contributed by atoms with Crippen LogP contribution in [-0.2, 0) is 9.53 Å². The number of methoxy groups -OCH3 is 1. The molecule has 0 N–H and O–H groups in total. The second kappa shape index (κ2) is 4.58. The minimum atomic E-state index is -0.591. The van der Waals surface area contributed by atoms with E-state index in [1.807, 2.05) is 0 Å². The molecule has 0 aliphatic carbocycles. The van der Waals surface area contributed by atoms with Crippen molar-refractivity contribution in [3.05, 3.63) is 12.2 Å². The molecule has 0 aromatic rings. The molecule has 10 heavy (non-hydrogen) atoms. The molecule has 0 atom stereocenters. The van der Waals surface area contributed by atoms with Gasteiger partial charge in [-0.25, -0.2) is 4.79 Å². The molecule has 0 rings (SSSR count). The van der Waals surface area contributed by atoms with Gasteiger partial charge in [-0.1, -0.05) is 6.58 Å². The van der Waals surface area contributed by atoms with E-state index in [-0.39, 0.29) is 12.0 Å². The summed E-state index contributed by atoms with van der Waals surface area (Å²) >= 11 is 10.7. The van der Waals surface area contributed by atoms with Crippen LogP contribution in [0.1, 0.15) is 6.42 Å². The van der Waals surface area contributed by atoms with Gasteiger partial charge in [0.2, 0.25) is 0 Å². The number of alkyl halides is 2. The molecule has 58 valence electrons. The molecule has 0 aromatic heterocycles. The van der Waals surface area contributed by atoms with Gasteiger partial charge in [0.25, 0.3) is 0 Å². The number of hydrogen-bond acceptors (Lipinski definition) is 2. The average molecular weight is 183 g/mol. The van der Waals surface area contributed by atoms with Gasteiger partial charge in [-0.15, -0.1) is 23.2 Å². The predicted octanol–water partition coefficient (Wildman–Crippen LogP) is 1.91. The van der Waals surface area contributed by atoms with Crippen LogP contribution < -0.4 is 0 Å². The third-order valence-corrected chi connectivity index (χ3v) is 1.18.